The third-order valence-corrected chi connectivity index (χ3v) is 6.30. The molecule has 0 fully saturated rings. The second kappa shape index (κ2) is 11.3. The van der Waals surface area contributed by atoms with E-state index >= 15 is 0 Å². The van der Waals surface area contributed by atoms with Gasteiger partial charge in [0.05, 0.1) is 24.2 Å². The summed E-state index contributed by atoms with van der Waals surface area (Å²) in [4.78, 5) is 12.4. The standard InChI is InChI=1S/C27H22Br2N2O3/c1-33-25-14-19(13-24(29)27(25)34-17-18-9-11-22(28)12-10-18)16-30-31-26(32)15-21-7-4-6-20-5-2-3-8-23(20)21/h2-14,16H,15,17H2,1H3,(H,31,32). The van der Waals surface area contributed by atoms with Crippen LogP contribution in [0.4, 0.5) is 0 Å². The van der Waals surface area contributed by atoms with E-state index in [-0.39, 0.29) is 12.3 Å². The Balaban J connectivity index is 1.40. The van der Waals surface area contributed by atoms with Crippen LogP contribution in [0.25, 0.3) is 10.8 Å². The van der Waals surface area contributed by atoms with Crippen molar-refractivity contribution in [3.8, 4) is 11.5 Å². The molecular weight excluding hydrogens is 560 g/mol. The van der Waals surface area contributed by atoms with Gasteiger partial charge in [0.25, 0.3) is 0 Å². The minimum atomic E-state index is -0.187. The molecule has 0 aliphatic carbocycles. The minimum Gasteiger partial charge on any atom is -0.493 e. The molecule has 0 spiro atoms. The summed E-state index contributed by atoms with van der Waals surface area (Å²) in [6.07, 6.45) is 1.82. The average molecular weight is 582 g/mol. The second-order valence-electron chi connectivity index (χ2n) is 7.56. The highest BCUT2D eigenvalue weighted by molar-refractivity contribution is 9.10. The largest absolute Gasteiger partial charge is 0.493 e. The Bertz CT molecular complexity index is 1330. The number of amides is 1. The lowest BCUT2D eigenvalue weighted by Gasteiger charge is -2.13. The van der Waals surface area contributed by atoms with Crippen molar-refractivity contribution < 1.29 is 14.3 Å². The predicted octanol–water partition coefficient (Wildman–Crippen LogP) is 6.65. The fourth-order valence-electron chi connectivity index (χ4n) is 3.53. The Morgan fingerprint density at radius 1 is 1.00 bits per heavy atom. The van der Waals surface area contributed by atoms with Gasteiger partial charge < -0.3 is 9.47 Å². The van der Waals surface area contributed by atoms with Crippen molar-refractivity contribution in [3.63, 3.8) is 0 Å². The number of hydrazone groups is 1. The van der Waals surface area contributed by atoms with Gasteiger partial charge in [-0.2, -0.15) is 5.10 Å². The van der Waals surface area contributed by atoms with Gasteiger partial charge in [0.2, 0.25) is 5.91 Å². The van der Waals surface area contributed by atoms with Crippen molar-refractivity contribution in [2.24, 2.45) is 5.10 Å². The maximum Gasteiger partial charge on any atom is 0.244 e. The molecule has 0 unspecified atom stereocenters. The fourth-order valence-corrected chi connectivity index (χ4v) is 4.37. The molecule has 0 aromatic heterocycles. The van der Waals surface area contributed by atoms with Crippen molar-refractivity contribution in [2.75, 3.05) is 7.11 Å². The molecule has 4 aromatic carbocycles. The van der Waals surface area contributed by atoms with Crippen LogP contribution in [0, 0.1) is 0 Å². The van der Waals surface area contributed by atoms with E-state index < -0.39 is 0 Å². The van der Waals surface area contributed by atoms with Gasteiger partial charge in [-0.25, -0.2) is 5.43 Å². The molecule has 0 radical (unpaired) electrons. The number of ether oxygens (including phenoxy) is 2. The molecule has 7 heteroatoms. The van der Waals surface area contributed by atoms with Crippen LogP contribution in [-0.2, 0) is 17.8 Å². The average Bonchev–Trinajstić information content (AvgIpc) is 2.84. The topological polar surface area (TPSA) is 59.9 Å². The third-order valence-electron chi connectivity index (χ3n) is 5.18. The number of benzene rings is 4. The molecule has 34 heavy (non-hydrogen) atoms. The summed E-state index contributed by atoms with van der Waals surface area (Å²) >= 11 is 6.98. The molecule has 4 rings (SSSR count). The highest BCUT2D eigenvalue weighted by atomic mass is 79.9. The van der Waals surface area contributed by atoms with E-state index in [0.717, 1.165) is 36.4 Å². The number of carbonyl (C=O) groups excluding carboxylic acids is 1. The summed E-state index contributed by atoms with van der Waals surface area (Å²) in [5.74, 6) is 0.977. The minimum absolute atomic E-state index is 0.187. The summed E-state index contributed by atoms with van der Waals surface area (Å²) in [6.45, 7) is 0.403. The van der Waals surface area contributed by atoms with Crippen molar-refractivity contribution in [1.29, 1.82) is 0 Å². The fraction of sp³-hybridized carbons (Fsp3) is 0.111. The molecule has 172 valence electrons. The molecule has 4 aromatic rings. The van der Waals surface area contributed by atoms with Gasteiger partial charge in [0.15, 0.2) is 11.5 Å². The highest BCUT2D eigenvalue weighted by Crippen LogP contribution is 2.37. The highest BCUT2D eigenvalue weighted by Gasteiger charge is 2.12. The third kappa shape index (κ3) is 6.04. The van der Waals surface area contributed by atoms with Crippen LogP contribution in [0.1, 0.15) is 16.7 Å². The molecular formula is C27H22Br2N2O3. The molecule has 5 nitrogen and oxygen atoms in total. The summed E-state index contributed by atoms with van der Waals surface area (Å²) in [7, 11) is 1.58. The zero-order valence-corrected chi connectivity index (χ0v) is 21.6. The van der Waals surface area contributed by atoms with Crippen molar-refractivity contribution in [2.45, 2.75) is 13.0 Å². The maximum absolute atomic E-state index is 12.4. The summed E-state index contributed by atoms with van der Waals surface area (Å²) < 4.78 is 13.2. The summed E-state index contributed by atoms with van der Waals surface area (Å²) in [5.41, 5.74) is 5.36. The zero-order chi connectivity index (χ0) is 23.9. The van der Waals surface area contributed by atoms with Crippen LogP contribution >= 0.6 is 31.9 Å². The van der Waals surface area contributed by atoms with E-state index in [1.54, 1.807) is 13.3 Å². The number of carbonyl (C=O) groups is 1. The van der Waals surface area contributed by atoms with E-state index in [1.165, 1.54) is 0 Å². The number of nitrogens with one attached hydrogen (secondary N) is 1. The first kappa shape index (κ1) is 24.0. The van der Waals surface area contributed by atoms with E-state index in [9.17, 15) is 4.79 Å². The van der Waals surface area contributed by atoms with Crippen LogP contribution in [0.5, 0.6) is 11.5 Å². The molecule has 0 saturated heterocycles. The van der Waals surface area contributed by atoms with Crippen molar-refractivity contribution in [3.05, 3.63) is 104 Å². The molecule has 0 aliphatic rings. The molecule has 0 aliphatic heterocycles. The maximum atomic E-state index is 12.4. The SMILES string of the molecule is COc1cc(C=NNC(=O)Cc2cccc3ccccc23)cc(Br)c1OCc1ccc(Br)cc1. The lowest BCUT2D eigenvalue weighted by molar-refractivity contribution is -0.120. The van der Waals surface area contributed by atoms with E-state index in [4.69, 9.17) is 9.47 Å². The van der Waals surface area contributed by atoms with Crippen LogP contribution < -0.4 is 14.9 Å². The second-order valence-corrected chi connectivity index (χ2v) is 9.33. The van der Waals surface area contributed by atoms with Gasteiger partial charge in [-0.15, -0.1) is 0 Å². The first-order valence-electron chi connectivity index (χ1n) is 10.6. The number of fused-ring (bicyclic) bond motifs is 1. The van der Waals surface area contributed by atoms with Gasteiger partial charge >= 0.3 is 0 Å². The molecule has 1 amide bonds. The molecule has 0 bridgehead atoms. The van der Waals surface area contributed by atoms with Crippen LogP contribution in [0.15, 0.2) is 92.9 Å². The van der Waals surface area contributed by atoms with E-state index in [1.807, 2.05) is 78.9 Å². The zero-order valence-electron chi connectivity index (χ0n) is 18.4. The Kier molecular flexibility index (Phi) is 7.98. The van der Waals surface area contributed by atoms with Gasteiger partial charge in [-0.05, 0) is 67.7 Å². The van der Waals surface area contributed by atoms with Crippen LogP contribution in [0.2, 0.25) is 0 Å². The number of hydrogen-bond acceptors (Lipinski definition) is 4. The van der Waals surface area contributed by atoms with Gasteiger partial charge in [0, 0.05) is 4.47 Å². The summed E-state index contributed by atoms with van der Waals surface area (Å²) in [6, 6.07) is 25.6. The van der Waals surface area contributed by atoms with Gasteiger partial charge in [-0.1, -0.05) is 70.5 Å². The van der Waals surface area contributed by atoms with Gasteiger partial charge in [-0.3, -0.25) is 4.79 Å². The van der Waals surface area contributed by atoms with Crippen LogP contribution in [0.3, 0.4) is 0 Å². The Morgan fingerprint density at radius 2 is 1.76 bits per heavy atom. The van der Waals surface area contributed by atoms with Crippen molar-refractivity contribution >= 4 is 54.8 Å². The monoisotopic (exact) mass is 580 g/mol. The quantitative estimate of drug-likeness (QED) is 0.187. The smallest absolute Gasteiger partial charge is 0.244 e. The first-order valence-corrected chi connectivity index (χ1v) is 12.2. The Hall–Kier alpha value is -3.16. The molecule has 0 heterocycles. The normalized spacial score (nSPS) is 11.0. The van der Waals surface area contributed by atoms with E-state index in [2.05, 4.69) is 42.4 Å². The van der Waals surface area contributed by atoms with Crippen molar-refractivity contribution in [1.82, 2.24) is 5.43 Å². The molecule has 0 atom stereocenters. The van der Waals surface area contributed by atoms with Crippen LogP contribution in [-0.4, -0.2) is 19.2 Å². The lowest BCUT2D eigenvalue weighted by Crippen LogP contribution is -2.19. The molecule has 0 saturated carbocycles. The Morgan fingerprint density at radius 3 is 2.56 bits per heavy atom. The van der Waals surface area contributed by atoms with E-state index in [0.29, 0.717) is 18.1 Å². The number of hydrogen-bond donors (Lipinski definition) is 1. The number of rotatable bonds is 8. The molecule has 1 N–H and O–H groups in total. The number of halogens is 2. The number of nitrogens with zero attached hydrogens (tertiary/aromatic N) is 1. The lowest BCUT2D eigenvalue weighted by atomic mass is 10.0. The predicted molar refractivity (Wildman–Crippen MR) is 143 cm³/mol. The summed E-state index contributed by atoms with van der Waals surface area (Å²) in [5, 5.41) is 6.29. The Labute approximate surface area is 215 Å². The van der Waals surface area contributed by atoms with Gasteiger partial charge in [0.1, 0.15) is 6.61 Å². The first-order chi connectivity index (χ1) is 16.5. The number of methoxy groups -OCH3 is 1.